The van der Waals surface area contributed by atoms with Crippen LogP contribution in [0.5, 0.6) is 0 Å². The van der Waals surface area contributed by atoms with Crippen molar-refractivity contribution in [3.63, 3.8) is 0 Å². The van der Waals surface area contributed by atoms with Crippen LogP contribution in [0.25, 0.3) is 0 Å². The normalized spacial score (nSPS) is 24.6. The van der Waals surface area contributed by atoms with Gasteiger partial charge in [0.05, 0.1) is 0 Å². The van der Waals surface area contributed by atoms with Crippen LogP contribution < -0.4 is 5.32 Å². The minimum absolute atomic E-state index is 0.169. The summed E-state index contributed by atoms with van der Waals surface area (Å²) >= 11 is 0. The minimum atomic E-state index is -0.420. The van der Waals surface area contributed by atoms with E-state index in [0.717, 1.165) is 32.5 Å². The zero-order chi connectivity index (χ0) is 15.7. The Bertz CT molecular complexity index is 550. The van der Waals surface area contributed by atoms with E-state index in [9.17, 15) is 4.79 Å². The molecule has 2 unspecified atom stereocenters. The molecule has 4 nitrogen and oxygen atoms in total. The van der Waals surface area contributed by atoms with E-state index in [2.05, 4.69) is 29.6 Å². The number of para-hydroxylation sites is 1. The highest BCUT2D eigenvalue weighted by atomic mass is 16.6. The summed E-state index contributed by atoms with van der Waals surface area (Å²) < 4.78 is 5.50. The zero-order valence-corrected chi connectivity index (χ0v) is 13.8. The van der Waals surface area contributed by atoms with E-state index >= 15 is 0 Å². The smallest absolute Gasteiger partial charge is 0.410 e. The molecule has 2 heterocycles. The molecule has 0 radical (unpaired) electrons. The maximum atomic E-state index is 12.2. The van der Waals surface area contributed by atoms with Crippen LogP contribution in [-0.2, 0) is 4.74 Å². The average Bonchev–Trinajstić information content (AvgIpc) is 2.94. The maximum Gasteiger partial charge on any atom is 0.410 e. The largest absolute Gasteiger partial charge is 0.444 e. The molecule has 1 fully saturated rings. The number of carbonyl (C=O) groups is 1. The fourth-order valence-electron chi connectivity index (χ4n) is 3.60. The number of likely N-dealkylation sites (tertiary alicyclic amines) is 1. The van der Waals surface area contributed by atoms with Crippen LogP contribution in [0.3, 0.4) is 0 Å². The summed E-state index contributed by atoms with van der Waals surface area (Å²) in [5.74, 6) is 1.08. The van der Waals surface area contributed by atoms with E-state index in [-0.39, 0.29) is 6.09 Å². The molecular weight excluding hydrogens is 276 g/mol. The number of benzene rings is 1. The Hall–Kier alpha value is -1.71. The van der Waals surface area contributed by atoms with Gasteiger partial charge in [-0.2, -0.15) is 0 Å². The molecule has 2 aliphatic heterocycles. The van der Waals surface area contributed by atoms with Crippen LogP contribution in [0.4, 0.5) is 10.5 Å². The SMILES string of the molecule is CC(C)(C)OC(=O)N1CCC(C2CCNc3ccccc32)C1. The Kier molecular flexibility index (Phi) is 4.02. The van der Waals surface area contributed by atoms with E-state index in [1.165, 1.54) is 11.3 Å². The van der Waals surface area contributed by atoms with Crippen molar-refractivity contribution < 1.29 is 9.53 Å². The number of amides is 1. The summed E-state index contributed by atoms with van der Waals surface area (Å²) in [6.07, 6.45) is 2.04. The molecule has 1 saturated heterocycles. The average molecular weight is 302 g/mol. The highest BCUT2D eigenvalue weighted by Crippen LogP contribution is 2.40. The van der Waals surface area contributed by atoms with Crippen LogP contribution in [0.15, 0.2) is 24.3 Å². The number of fused-ring (bicyclic) bond motifs is 1. The molecule has 120 valence electrons. The summed E-state index contributed by atoms with van der Waals surface area (Å²) in [4.78, 5) is 14.1. The van der Waals surface area contributed by atoms with Gasteiger partial charge in [0.1, 0.15) is 5.60 Å². The number of hydrogen-bond donors (Lipinski definition) is 1. The summed E-state index contributed by atoms with van der Waals surface area (Å²) in [5, 5.41) is 3.48. The quantitative estimate of drug-likeness (QED) is 0.857. The molecule has 0 aliphatic carbocycles. The van der Waals surface area contributed by atoms with Gasteiger partial charge in [0.15, 0.2) is 0 Å². The Labute approximate surface area is 132 Å². The minimum Gasteiger partial charge on any atom is -0.444 e. The third-order valence-corrected chi connectivity index (χ3v) is 4.58. The monoisotopic (exact) mass is 302 g/mol. The Morgan fingerprint density at radius 1 is 1.27 bits per heavy atom. The van der Waals surface area contributed by atoms with Crippen molar-refractivity contribution in [2.45, 2.75) is 45.1 Å². The van der Waals surface area contributed by atoms with E-state index in [0.29, 0.717) is 11.8 Å². The van der Waals surface area contributed by atoms with Gasteiger partial charge in [0, 0.05) is 25.3 Å². The lowest BCUT2D eigenvalue weighted by Crippen LogP contribution is -2.36. The first kappa shape index (κ1) is 15.2. The third kappa shape index (κ3) is 3.21. The van der Waals surface area contributed by atoms with Crippen molar-refractivity contribution in [2.24, 2.45) is 5.92 Å². The van der Waals surface area contributed by atoms with Crippen LogP contribution in [0.2, 0.25) is 0 Å². The van der Waals surface area contributed by atoms with E-state index in [1.807, 2.05) is 25.7 Å². The second-order valence-corrected chi connectivity index (χ2v) is 7.38. The molecule has 1 N–H and O–H groups in total. The molecule has 3 rings (SSSR count). The molecule has 1 aromatic carbocycles. The molecule has 0 aromatic heterocycles. The number of anilines is 1. The topological polar surface area (TPSA) is 41.6 Å². The number of nitrogens with zero attached hydrogens (tertiary/aromatic N) is 1. The number of hydrogen-bond acceptors (Lipinski definition) is 3. The molecule has 1 amide bonds. The lowest BCUT2D eigenvalue weighted by atomic mass is 9.80. The van der Waals surface area contributed by atoms with Gasteiger partial charge < -0.3 is 15.0 Å². The van der Waals surface area contributed by atoms with Gasteiger partial charge in [-0.3, -0.25) is 0 Å². The first-order valence-corrected chi connectivity index (χ1v) is 8.25. The number of carbonyl (C=O) groups excluding carboxylic acids is 1. The molecule has 1 aromatic rings. The second kappa shape index (κ2) is 5.82. The summed E-state index contributed by atoms with van der Waals surface area (Å²) in [6.45, 7) is 8.40. The van der Waals surface area contributed by atoms with Crippen LogP contribution >= 0.6 is 0 Å². The summed E-state index contributed by atoms with van der Waals surface area (Å²) in [7, 11) is 0. The highest BCUT2D eigenvalue weighted by molar-refractivity contribution is 5.68. The summed E-state index contributed by atoms with van der Waals surface area (Å²) in [5.41, 5.74) is 2.25. The number of ether oxygens (including phenoxy) is 1. The van der Waals surface area contributed by atoms with Crippen LogP contribution in [0.1, 0.15) is 45.1 Å². The lowest BCUT2D eigenvalue weighted by Gasteiger charge is -2.31. The van der Waals surface area contributed by atoms with E-state index in [4.69, 9.17) is 4.74 Å². The molecule has 2 aliphatic rings. The van der Waals surface area contributed by atoms with Crippen LogP contribution in [-0.4, -0.2) is 36.2 Å². The fraction of sp³-hybridized carbons (Fsp3) is 0.611. The van der Waals surface area contributed by atoms with Crippen molar-refractivity contribution in [2.75, 3.05) is 25.0 Å². The van der Waals surface area contributed by atoms with E-state index < -0.39 is 5.60 Å². The first-order valence-electron chi connectivity index (χ1n) is 8.25. The van der Waals surface area contributed by atoms with Crippen molar-refractivity contribution in [3.8, 4) is 0 Å². The van der Waals surface area contributed by atoms with Gasteiger partial charge in [-0.15, -0.1) is 0 Å². The van der Waals surface area contributed by atoms with Gasteiger partial charge >= 0.3 is 6.09 Å². The van der Waals surface area contributed by atoms with Crippen molar-refractivity contribution in [3.05, 3.63) is 29.8 Å². The third-order valence-electron chi connectivity index (χ3n) is 4.58. The zero-order valence-electron chi connectivity index (χ0n) is 13.8. The molecular formula is C18H26N2O2. The first-order chi connectivity index (χ1) is 10.4. The molecule has 0 spiro atoms. The van der Waals surface area contributed by atoms with Gasteiger partial charge in [-0.05, 0) is 57.1 Å². The Balaban J connectivity index is 1.68. The predicted octanol–water partition coefficient (Wildman–Crippen LogP) is 3.84. The molecule has 22 heavy (non-hydrogen) atoms. The van der Waals surface area contributed by atoms with Crippen molar-refractivity contribution in [1.82, 2.24) is 4.90 Å². The maximum absolute atomic E-state index is 12.2. The standard InChI is InChI=1S/C18H26N2O2/c1-18(2,3)22-17(21)20-11-9-13(12-20)14-8-10-19-16-7-5-4-6-15(14)16/h4-7,13-14,19H,8-12H2,1-3H3. The molecule has 0 bridgehead atoms. The predicted molar refractivity (Wildman–Crippen MR) is 88.2 cm³/mol. The molecule has 4 heteroatoms. The van der Waals surface area contributed by atoms with Crippen LogP contribution in [0, 0.1) is 5.92 Å². The van der Waals surface area contributed by atoms with Gasteiger partial charge in [-0.1, -0.05) is 18.2 Å². The molecule has 2 atom stereocenters. The Morgan fingerprint density at radius 3 is 2.82 bits per heavy atom. The number of nitrogens with one attached hydrogen (secondary N) is 1. The van der Waals surface area contributed by atoms with Gasteiger partial charge in [-0.25, -0.2) is 4.79 Å². The number of rotatable bonds is 1. The van der Waals surface area contributed by atoms with E-state index in [1.54, 1.807) is 0 Å². The fourth-order valence-corrected chi connectivity index (χ4v) is 3.60. The van der Waals surface area contributed by atoms with Gasteiger partial charge in [0.25, 0.3) is 0 Å². The van der Waals surface area contributed by atoms with Crippen molar-refractivity contribution >= 4 is 11.8 Å². The Morgan fingerprint density at radius 2 is 2.05 bits per heavy atom. The lowest BCUT2D eigenvalue weighted by molar-refractivity contribution is 0.0286. The second-order valence-electron chi connectivity index (χ2n) is 7.38. The highest BCUT2D eigenvalue weighted by Gasteiger charge is 2.36. The molecule has 0 saturated carbocycles. The van der Waals surface area contributed by atoms with Gasteiger partial charge in [0.2, 0.25) is 0 Å². The summed E-state index contributed by atoms with van der Waals surface area (Å²) in [6, 6.07) is 8.57. The van der Waals surface area contributed by atoms with Crippen molar-refractivity contribution in [1.29, 1.82) is 0 Å².